The van der Waals surface area contributed by atoms with Gasteiger partial charge in [0.25, 0.3) is 0 Å². The van der Waals surface area contributed by atoms with Gasteiger partial charge in [0.1, 0.15) is 11.6 Å². The first kappa shape index (κ1) is 21.0. The van der Waals surface area contributed by atoms with Gasteiger partial charge in [0.05, 0.1) is 17.0 Å². The maximum Gasteiger partial charge on any atom is 0.417 e. The lowest BCUT2D eigenvalue weighted by Gasteiger charge is -2.35. The lowest BCUT2D eigenvalue weighted by molar-refractivity contribution is -0.137. The Hall–Kier alpha value is -2.68. The second-order valence-corrected chi connectivity index (χ2v) is 6.83. The van der Waals surface area contributed by atoms with E-state index in [0.29, 0.717) is 17.0 Å². The van der Waals surface area contributed by atoms with Crippen LogP contribution in [0.5, 0.6) is 0 Å². The number of halogens is 4. The van der Waals surface area contributed by atoms with Crippen molar-refractivity contribution < 1.29 is 17.6 Å². The van der Waals surface area contributed by atoms with Gasteiger partial charge in [-0.3, -0.25) is 5.43 Å². The van der Waals surface area contributed by atoms with E-state index in [1.165, 1.54) is 12.1 Å². The molecule has 156 valence electrons. The van der Waals surface area contributed by atoms with Crippen molar-refractivity contribution >= 4 is 17.2 Å². The lowest BCUT2D eigenvalue weighted by atomic mass is 10.1. The third-order valence-corrected chi connectivity index (χ3v) is 4.95. The molecule has 5 nitrogen and oxygen atoms in total. The quantitative estimate of drug-likeness (QED) is 0.456. The summed E-state index contributed by atoms with van der Waals surface area (Å²) in [5.41, 5.74) is 3.41. The Balaban J connectivity index is 1.66. The van der Waals surface area contributed by atoms with E-state index in [4.69, 9.17) is 0 Å². The molecule has 1 aliphatic heterocycles. The first-order valence-corrected chi connectivity index (χ1v) is 9.38. The Bertz CT molecular complexity index is 856. The zero-order valence-electron chi connectivity index (χ0n) is 16.3. The van der Waals surface area contributed by atoms with Crippen LogP contribution in [-0.4, -0.2) is 48.3 Å². The van der Waals surface area contributed by atoms with E-state index in [0.717, 1.165) is 45.0 Å². The van der Waals surface area contributed by atoms with Gasteiger partial charge >= 0.3 is 6.18 Å². The normalized spacial score (nSPS) is 16.2. The van der Waals surface area contributed by atoms with Crippen LogP contribution in [0.3, 0.4) is 0 Å². The fourth-order valence-electron chi connectivity index (χ4n) is 3.13. The molecule has 1 aromatic heterocycles. The second-order valence-electron chi connectivity index (χ2n) is 6.83. The van der Waals surface area contributed by atoms with Crippen LogP contribution < -0.4 is 10.3 Å². The number of alkyl halides is 3. The average molecular weight is 409 g/mol. The lowest BCUT2D eigenvalue weighted by Crippen LogP contribution is -2.46. The summed E-state index contributed by atoms with van der Waals surface area (Å²) in [4.78, 5) is 8.04. The SMILES string of the molecule is CCN1CCN(c2ccc(/C(C)=N\Nc3ccc(C(F)(F)F)cn3)cc2F)CC1. The largest absolute Gasteiger partial charge is 0.417 e. The Morgan fingerprint density at radius 2 is 1.86 bits per heavy atom. The molecule has 0 saturated carbocycles. The monoisotopic (exact) mass is 409 g/mol. The van der Waals surface area contributed by atoms with Crippen molar-refractivity contribution in [3.05, 3.63) is 53.5 Å². The number of benzene rings is 1. The molecule has 0 spiro atoms. The van der Waals surface area contributed by atoms with Gasteiger partial charge in [-0.1, -0.05) is 13.0 Å². The Morgan fingerprint density at radius 1 is 1.14 bits per heavy atom. The number of hydrazone groups is 1. The van der Waals surface area contributed by atoms with E-state index in [9.17, 15) is 17.6 Å². The van der Waals surface area contributed by atoms with E-state index >= 15 is 0 Å². The summed E-state index contributed by atoms with van der Waals surface area (Å²) in [6, 6.07) is 7.06. The second kappa shape index (κ2) is 8.77. The molecule has 0 aliphatic carbocycles. The highest BCUT2D eigenvalue weighted by Crippen LogP contribution is 2.29. The predicted molar refractivity (Wildman–Crippen MR) is 106 cm³/mol. The molecule has 0 amide bonds. The molecule has 0 unspecified atom stereocenters. The van der Waals surface area contributed by atoms with E-state index in [1.54, 1.807) is 19.1 Å². The van der Waals surface area contributed by atoms with Gasteiger partial charge in [0.2, 0.25) is 0 Å². The number of rotatable bonds is 5. The van der Waals surface area contributed by atoms with Crippen LogP contribution in [0.1, 0.15) is 25.0 Å². The van der Waals surface area contributed by atoms with Gasteiger partial charge in [-0.25, -0.2) is 9.37 Å². The number of aromatic nitrogens is 1. The molecule has 1 N–H and O–H groups in total. The molecule has 1 aromatic carbocycles. The average Bonchev–Trinajstić information content (AvgIpc) is 2.71. The number of pyridine rings is 1. The van der Waals surface area contributed by atoms with Crippen molar-refractivity contribution in [1.29, 1.82) is 0 Å². The minimum absolute atomic E-state index is 0.170. The summed E-state index contributed by atoms with van der Waals surface area (Å²) in [5.74, 6) is -0.155. The Labute approximate surface area is 167 Å². The van der Waals surface area contributed by atoms with Crippen LogP contribution in [0.2, 0.25) is 0 Å². The molecule has 2 aromatic rings. The maximum atomic E-state index is 14.6. The van der Waals surface area contributed by atoms with E-state index < -0.39 is 11.7 Å². The number of nitrogens with one attached hydrogen (secondary N) is 1. The summed E-state index contributed by atoms with van der Waals surface area (Å²) >= 11 is 0. The Kier molecular flexibility index (Phi) is 6.36. The number of likely N-dealkylation sites (N-methyl/N-ethyl adjacent to an activating group) is 1. The van der Waals surface area contributed by atoms with Crippen LogP contribution >= 0.6 is 0 Å². The summed E-state index contributed by atoms with van der Waals surface area (Å²) in [5, 5.41) is 4.10. The third-order valence-electron chi connectivity index (χ3n) is 4.95. The Morgan fingerprint density at radius 3 is 2.41 bits per heavy atom. The molecule has 29 heavy (non-hydrogen) atoms. The van der Waals surface area contributed by atoms with Crippen molar-refractivity contribution in [1.82, 2.24) is 9.88 Å². The van der Waals surface area contributed by atoms with Crippen molar-refractivity contribution in [2.24, 2.45) is 5.10 Å². The van der Waals surface area contributed by atoms with Crippen molar-refractivity contribution in [3.8, 4) is 0 Å². The fourth-order valence-corrected chi connectivity index (χ4v) is 3.13. The van der Waals surface area contributed by atoms with Crippen molar-refractivity contribution in [2.45, 2.75) is 20.0 Å². The van der Waals surface area contributed by atoms with Crippen LogP contribution in [0, 0.1) is 5.82 Å². The van der Waals surface area contributed by atoms with Crippen molar-refractivity contribution in [2.75, 3.05) is 43.0 Å². The molecular formula is C20H23F4N5. The smallest absolute Gasteiger partial charge is 0.367 e. The molecule has 0 radical (unpaired) electrons. The van der Waals surface area contributed by atoms with Gasteiger partial charge in [-0.2, -0.15) is 18.3 Å². The first-order valence-electron chi connectivity index (χ1n) is 9.38. The van der Waals surface area contributed by atoms with E-state index in [-0.39, 0.29) is 11.6 Å². The predicted octanol–water partition coefficient (Wildman–Crippen LogP) is 4.22. The van der Waals surface area contributed by atoms with Crippen LogP contribution in [0.25, 0.3) is 0 Å². The first-order chi connectivity index (χ1) is 13.8. The number of nitrogens with zero attached hydrogens (tertiary/aromatic N) is 4. The number of hydrogen-bond donors (Lipinski definition) is 1. The van der Waals surface area contributed by atoms with Gasteiger partial charge < -0.3 is 9.80 Å². The summed E-state index contributed by atoms with van der Waals surface area (Å²) < 4.78 is 52.3. The van der Waals surface area contributed by atoms with Gasteiger partial charge in [-0.15, -0.1) is 0 Å². The van der Waals surface area contributed by atoms with E-state index in [1.807, 2.05) is 4.90 Å². The third kappa shape index (κ3) is 5.23. The number of hydrogen-bond acceptors (Lipinski definition) is 5. The summed E-state index contributed by atoms with van der Waals surface area (Å²) in [6.07, 6.45) is -3.70. The highest BCUT2D eigenvalue weighted by Gasteiger charge is 2.30. The molecule has 0 bridgehead atoms. The number of anilines is 2. The number of piperazine rings is 1. The van der Waals surface area contributed by atoms with Crippen LogP contribution in [0.15, 0.2) is 41.6 Å². The molecule has 1 aliphatic rings. The standard InChI is InChI=1S/C20H23F4N5/c1-3-28-8-10-29(11-9-28)18-6-4-15(12-17(18)21)14(2)26-27-19-7-5-16(13-25-19)20(22,23)24/h4-7,12-13H,3,8-11H2,1-2H3,(H,25,27)/b26-14-. The van der Waals surface area contributed by atoms with E-state index in [2.05, 4.69) is 27.3 Å². The minimum Gasteiger partial charge on any atom is -0.367 e. The molecule has 1 saturated heterocycles. The summed E-state index contributed by atoms with van der Waals surface area (Å²) in [7, 11) is 0. The topological polar surface area (TPSA) is 43.8 Å². The highest BCUT2D eigenvalue weighted by atomic mass is 19.4. The van der Waals surface area contributed by atoms with Gasteiger partial charge in [0.15, 0.2) is 0 Å². The van der Waals surface area contributed by atoms with Crippen LogP contribution in [-0.2, 0) is 6.18 Å². The highest BCUT2D eigenvalue weighted by molar-refractivity contribution is 5.99. The van der Waals surface area contributed by atoms with Crippen LogP contribution in [0.4, 0.5) is 29.1 Å². The van der Waals surface area contributed by atoms with Gasteiger partial charge in [-0.05, 0) is 37.7 Å². The minimum atomic E-state index is -4.44. The molecule has 0 atom stereocenters. The zero-order chi connectivity index (χ0) is 21.0. The fraction of sp³-hybridized carbons (Fsp3) is 0.400. The molecular weight excluding hydrogens is 386 g/mol. The molecule has 3 rings (SSSR count). The summed E-state index contributed by atoms with van der Waals surface area (Å²) in [6.45, 7) is 8.15. The van der Waals surface area contributed by atoms with Crippen molar-refractivity contribution in [3.63, 3.8) is 0 Å². The van der Waals surface area contributed by atoms with Gasteiger partial charge in [0, 0.05) is 37.9 Å². The maximum absolute atomic E-state index is 14.6. The molecule has 9 heteroatoms. The zero-order valence-corrected chi connectivity index (χ0v) is 16.3. The molecule has 1 fully saturated rings. The molecule has 2 heterocycles.